The van der Waals surface area contributed by atoms with Gasteiger partial charge in [-0.25, -0.2) is 0 Å². The van der Waals surface area contributed by atoms with E-state index in [1.54, 1.807) is 0 Å². The normalized spacial score (nSPS) is 12.3. The third-order valence-corrected chi connectivity index (χ3v) is 3.87. The topological polar surface area (TPSA) is 37.3 Å². The molecule has 1 aromatic rings. The zero-order valence-corrected chi connectivity index (χ0v) is 12.9. The van der Waals surface area contributed by atoms with E-state index in [0.29, 0.717) is 0 Å². The van der Waals surface area contributed by atoms with Gasteiger partial charge in [0.1, 0.15) is 0 Å². The Labute approximate surface area is 123 Å². The summed E-state index contributed by atoms with van der Waals surface area (Å²) in [6.07, 6.45) is 9.35. The second kappa shape index (κ2) is 9.57. The lowest BCUT2D eigenvalue weighted by Gasteiger charge is -2.13. The molecule has 0 aliphatic heterocycles. The summed E-state index contributed by atoms with van der Waals surface area (Å²) in [6, 6.07) is 7.90. The largest absolute Gasteiger partial charge is 0.481 e. The van der Waals surface area contributed by atoms with E-state index in [9.17, 15) is 9.90 Å². The Hall–Kier alpha value is -1.31. The molecule has 1 unspecified atom stereocenters. The van der Waals surface area contributed by atoms with Crippen LogP contribution in [0, 0.1) is 6.92 Å². The molecule has 20 heavy (non-hydrogen) atoms. The SMILES string of the molecule is CCCCCCCCCC(C(=O)O)c1ccc(C)cc1. The summed E-state index contributed by atoms with van der Waals surface area (Å²) in [4.78, 5) is 11.4. The molecule has 0 spiro atoms. The van der Waals surface area contributed by atoms with Gasteiger partial charge in [-0.1, -0.05) is 81.7 Å². The van der Waals surface area contributed by atoms with Crippen LogP contribution in [0.4, 0.5) is 0 Å². The minimum Gasteiger partial charge on any atom is -0.481 e. The molecule has 2 heteroatoms. The summed E-state index contributed by atoms with van der Waals surface area (Å²) in [5.41, 5.74) is 2.11. The lowest BCUT2D eigenvalue weighted by Crippen LogP contribution is -2.11. The van der Waals surface area contributed by atoms with Gasteiger partial charge in [0, 0.05) is 0 Å². The molecule has 112 valence electrons. The number of rotatable bonds is 10. The van der Waals surface area contributed by atoms with Gasteiger partial charge in [-0.2, -0.15) is 0 Å². The summed E-state index contributed by atoms with van der Waals surface area (Å²) < 4.78 is 0. The molecular formula is C18H28O2. The maximum atomic E-state index is 11.4. The molecule has 0 aromatic heterocycles. The van der Waals surface area contributed by atoms with E-state index in [-0.39, 0.29) is 5.92 Å². The summed E-state index contributed by atoms with van der Waals surface area (Å²) >= 11 is 0. The molecule has 1 N–H and O–H groups in total. The summed E-state index contributed by atoms with van der Waals surface area (Å²) in [7, 11) is 0. The Morgan fingerprint density at radius 3 is 2.10 bits per heavy atom. The smallest absolute Gasteiger partial charge is 0.310 e. The lowest BCUT2D eigenvalue weighted by molar-refractivity contribution is -0.139. The first kappa shape index (κ1) is 16.7. The number of benzene rings is 1. The maximum Gasteiger partial charge on any atom is 0.310 e. The molecule has 0 saturated heterocycles. The van der Waals surface area contributed by atoms with Crippen molar-refractivity contribution in [3.63, 3.8) is 0 Å². The Bertz CT molecular complexity index is 381. The monoisotopic (exact) mass is 276 g/mol. The Morgan fingerprint density at radius 2 is 1.55 bits per heavy atom. The number of hydrogen-bond donors (Lipinski definition) is 1. The zero-order valence-electron chi connectivity index (χ0n) is 12.9. The van der Waals surface area contributed by atoms with Crippen LogP contribution in [-0.2, 0) is 4.79 Å². The Morgan fingerprint density at radius 1 is 1.00 bits per heavy atom. The van der Waals surface area contributed by atoms with Crippen LogP contribution in [0.2, 0.25) is 0 Å². The van der Waals surface area contributed by atoms with Crippen LogP contribution >= 0.6 is 0 Å². The third kappa shape index (κ3) is 6.23. The second-order valence-electron chi connectivity index (χ2n) is 5.71. The number of carboxylic acid groups (broad SMARTS) is 1. The average molecular weight is 276 g/mol. The highest BCUT2D eigenvalue weighted by Gasteiger charge is 2.18. The van der Waals surface area contributed by atoms with Crippen LogP contribution in [0.15, 0.2) is 24.3 Å². The van der Waals surface area contributed by atoms with Gasteiger partial charge < -0.3 is 5.11 Å². The highest BCUT2D eigenvalue weighted by molar-refractivity contribution is 5.76. The van der Waals surface area contributed by atoms with E-state index in [4.69, 9.17) is 0 Å². The van der Waals surface area contributed by atoms with Crippen molar-refractivity contribution in [1.82, 2.24) is 0 Å². The number of aryl methyl sites for hydroxylation is 1. The highest BCUT2D eigenvalue weighted by Crippen LogP contribution is 2.23. The van der Waals surface area contributed by atoms with Crippen LogP contribution < -0.4 is 0 Å². The van der Waals surface area contributed by atoms with Crippen LogP contribution in [0.25, 0.3) is 0 Å². The average Bonchev–Trinajstić information content (AvgIpc) is 2.43. The number of unbranched alkanes of at least 4 members (excludes halogenated alkanes) is 6. The first-order valence-electron chi connectivity index (χ1n) is 7.94. The summed E-state index contributed by atoms with van der Waals surface area (Å²) in [5.74, 6) is -1.04. The van der Waals surface area contributed by atoms with Crippen LogP contribution in [0.5, 0.6) is 0 Å². The van der Waals surface area contributed by atoms with Crippen molar-refractivity contribution in [3.8, 4) is 0 Å². The van der Waals surface area contributed by atoms with Crippen molar-refractivity contribution in [2.45, 2.75) is 71.1 Å². The van der Waals surface area contributed by atoms with Crippen molar-refractivity contribution in [2.75, 3.05) is 0 Å². The molecule has 0 fully saturated rings. The highest BCUT2D eigenvalue weighted by atomic mass is 16.4. The predicted octanol–water partition coefficient (Wildman–Crippen LogP) is 5.30. The van der Waals surface area contributed by atoms with E-state index < -0.39 is 5.97 Å². The van der Waals surface area contributed by atoms with E-state index in [0.717, 1.165) is 24.8 Å². The Balaban J connectivity index is 2.33. The molecule has 0 saturated carbocycles. The van der Waals surface area contributed by atoms with Crippen LogP contribution in [0.3, 0.4) is 0 Å². The second-order valence-corrected chi connectivity index (χ2v) is 5.71. The molecule has 1 atom stereocenters. The van der Waals surface area contributed by atoms with Crippen LogP contribution in [-0.4, -0.2) is 11.1 Å². The van der Waals surface area contributed by atoms with Gasteiger partial charge in [-0.3, -0.25) is 4.79 Å². The van der Waals surface area contributed by atoms with Crippen molar-refractivity contribution < 1.29 is 9.90 Å². The molecule has 0 aliphatic rings. The number of carboxylic acids is 1. The number of carbonyl (C=O) groups is 1. The van der Waals surface area contributed by atoms with Crippen molar-refractivity contribution >= 4 is 5.97 Å². The first-order valence-corrected chi connectivity index (χ1v) is 7.94. The fourth-order valence-electron chi connectivity index (χ4n) is 2.54. The molecule has 2 nitrogen and oxygen atoms in total. The molecule has 1 rings (SSSR count). The standard InChI is InChI=1S/C18H28O2/c1-3-4-5-6-7-8-9-10-17(18(19)20)16-13-11-15(2)12-14-16/h11-14,17H,3-10H2,1-2H3,(H,19,20). The fraction of sp³-hybridized carbons (Fsp3) is 0.611. The van der Waals surface area contributed by atoms with Gasteiger partial charge in [-0.15, -0.1) is 0 Å². The molecule has 0 bridgehead atoms. The van der Waals surface area contributed by atoms with Crippen molar-refractivity contribution in [3.05, 3.63) is 35.4 Å². The molecule has 1 aromatic carbocycles. The third-order valence-electron chi connectivity index (χ3n) is 3.87. The van der Waals surface area contributed by atoms with Crippen molar-refractivity contribution in [2.24, 2.45) is 0 Å². The maximum absolute atomic E-state index is 11.4. The lowest BCUT2D eigenvalue weighted by atomic mass is 9.92. The predicted molar refractivity (Wildman–Crippen MR) is 84.2 cm³/mol. The number of aliphatic carboxylic acids is 1. The van der Waals surface area contributed by atoms with Crippen molar-refractivity contribution in [1.29, 1.82) is 0 Å². The number of hydrogen-bond acceptors (Lipinski definition) is 1. The zero-order chi connectivity index (χ0) is 14.8. The summed E-state index contributed by atoms with van der Waals surface area (Å²) in [5, 5.41) is 9.37. The van der Waals surface area contributed by atoms with E-state index >= 15 is 0 Å². The van der Waals surface area contributed by atoms with E-state index in [1.165, 1.54) is 37.7 Å². The Kier molecular flexibility index (Phi) is 8.01. The van der Waals surface area contributed by atoms with Gasteiger partial charge in [0.25, 0.3) is 0 Å². The van der Waals surface area contributed by atoms with Gasteiger partial charge in [0.05, 0.1) is 5.92 Å². The van der Waals surface area contributed by atoms with Gasteiger partial charge >= 0.3 is 5.97 Å². The fourth-order valence-corrected chi connectivity index (χ4v) is 2.54. The van der Waals surface area contributed by atoms with Gasteiger partial charge in [-0.05, 0) is 18.9 Å². The molecule has 0 radical (unpaired) electrons. The van der Waals surface area contributed by atoms with Gasteiger partial charge in [0.2, 0.25) is 0 Å². The molecular weight excluding hydrogens is 248 g/mol. The van der Waals surface area contributed by atoms with E-state index in [2.05, 4.69) is 6.92 Å². The molecule has 0 aliphatic carbocycles. The molecule has 0 amide bonds. The molecule has 0 heterocycles. The quantitative estimate of drug-likeness (QED) is 0.588. The summed E-state index contributed by atoms with van der Waals surface area (Å²) in [6.45, 7) is 4.24. The minimum atomic E-state index is -0.695. The first-order chi connectivity index (χ1) is 9.65. The van der Waals surface area contributed by atoms with E-state index in [1.807, 2.05) is 31.2 Å². The van der Waals surface area contributed by atoms with Crippen LogP contribution in [0.1, 0.15) is 75.3 Å². The van der Waals surface area contributed by atoms with Gasteiger partial charge in [0.15, 0.2) is 0 Å². The minimum absolute atomic E-state index is 0.341.